The molecule has 0 fully saturated rings. The lowest BCUT2D eigenvalue weighted by molar-refractivity contribution is -0.133. The van der Waals surface area contributed by atoms with Crippen LogP contribution < -0.4 is 5.69 Å². The molecular weight excluding hydrogens is 354 g/mol. The second-order valence-electron chi connectivity index (χ2n) is 6.33. The first-order valence-corrected chi connectivity index (χ1v) is 10.8. The van der Waals surface area contributed by atoms with Crippen LogP contribution in [-0.2, 0) is 27.7 Å². The Morgan fingerprint density at radius 2 is 1.69 bits per heavy atom. The number of likely N-dealkylation sites (N-methyl/N-ethyl adjacent to an activating group) is 1. The highest BCUT2D eigenvalue weighted by atomic mass is 32.2. The number of fused-ring (bicyclic) bond motifs is 1. The number of benzene rings is 1. The molecule has 1 atom stereocenters. The molecular formula is C18H27N3O4S. The number of amides is 1. The lowest BCUT2D eigenvalue weighted by Gasteiger charge is -2.28. The first-order valence-electron chi connectivity index (χ1n) is 8.93. The van der Waals surface area contributed by atoms with Gasteiger partial charge in [-0.15, -0.1) is 0 Å². The van der Waals surface area contributed by atoms with Crippen LogP contribution in [0.2, 0.25) is 0 Å². The molecule has 7 nitrogen and oxygen atoms in total. The van der Waals surface area contributed by atoms with Gasteiger partial charge in [0.25, 0.3) is 0 Å². The van der Waals surface area contributed by atoms with Gasteiger partial charge in [0.2, 0.25) is 5.91 Å². The summed E-state index contributed by atoms with van der Waals surface area (Å²) in [5.74, 6) is -0.284. The molecule has 0 bridgehead atoms. The van der Waals surface area contributed by atoms with Crippen LogP contribution in [0.3, 0.4) is 0 Å². The molecule has 1 aromatic carbocycles. The zero-order chi connectivity index (χ0) is 19.5. The maximum absolute atomic E-state index is 12.8. The molecule has 1 heterocycles. The number of aryl methyl sites for hydroxylation is 1. The van der Waals surface area contributed by atoms with Crippen LogP contribution in [0.5, 0.6) is 0 Å². The van der Waals surface area contributed by atoms with Gasteiger partial charge in [-0.3, -0.25) is 13.9 Å². The van der Waals surface area contributed by atoms with E-state index in [1.54, 1.807) is 18.4 Å². The molecule has 0 radical (unpaired) electrons. The lowest BCUT2D eigenvalue weighted by atomic mass is 10.3. The Hall–Kier alpha value is -2.09. The van der Waals surface area contributed by atoms with Crippen LogP contribution in [0, 0.1) is 0 Å². The van der Waals surface area contributed by atoms with E-state index >= 15 is 0 Å². The Kier molecular flexibility index (Phi) is 6.28. The Bertz CT molecular complexity index is 943. The van der Waals surface area contributed by atoms with E-state index < -0.39 is 15.9 Å². The average Bonchev–Trinajstić information content (AvgIpc) is 2.86. The van der Waals surface area contributed by atoms with E-state index in [1.807, 2.05) is 38.1 Å². The minimum atomic E-state index is -3.19. The molecule has 0 saturated carbocycles. The van der Waals surface area contributed by atoms with Crippen molar-refractivity contribution in [3.05, 3.63) is 34.7 Å². The van der Waals surface area contributed by atoms with E-state index in [9.17, 15) is 18.0 Å². The third-order valence-electron chi connectivity index (χ3n) is 4.66. The summed E-state index contributed by atoms with van der Waals surface area (Å²) in [6.45, 7) is 7.83. The summed E-state index contributed by atoms with van der Waals surface area (Å²) in [4.78, 5) is 27.0. The molecule has 26 heavy (non-hydrogen) atoms. The quantitative estimate of drug-likeness (QED) is 0.694. The van der Waals surface area contributed by atoms with Crippen molar-refractivity contribution in [1.29, 1.82) is 0 Å². The van der Waals surface area contributed by atoms with E-state index in [-0.39, 0.29) is 29.6 Å². The largest absolute Gasteiger partial charge is 0.338 e. The SMILES string of the molecule is CCN(C(=O)Cn1c(=O)n(CC)c2ccccc21)C(C)CS(=O)(=O)CC. The maximum Gasteiger partial charge on any atom is 0.329 e. The van der Waals surface area contributed by atoms with E-state index in [4.69, 9.17) is 0 Å². The highest BCUT2D eigenvalue weighted by Crippen LogP contribution is 2.14. The van der Waals surface area contributed by atoms with E-state index in [1.165, 1.54) is 9.47 Å². The summed E-state index contributed by atoms with van der Waals surface area (Å²) >= 11 is 0. The molecule has 0 aliphatic carbocycles. The molecule has 0 aliphatic heterocycles. The third kappa shape index (κ3) is 4.00. The molecule has 1 unspecified atom stereocenters. The van der Waals surface area contributed by atoms with Gasteiger partial charge in [-0.1, -0.05) is 19.1 Å². The molecule has 2 rings (SSSR count). The summed E-state index contributed by atoms with van der Waals surface area (Å²) in [6, 6.07) is 6.92. The summed E-state index contributed by atoms with van der Waals surface area (Å²) < 4.78 is 26.9. The van der Waals surface area contributed by atoms with Crippen LogP contribution >= 0.6 is 0 Å². The Morgan fingerprint density at radius 3 is 2.19 bits per heavy atom. The minimum Gasteiger partial charge on any atom is -0.338 e. The smallest absolute Gasteiger partial charge is 0.329 e. The highest BCUT2D eigenvalue weighted by molar-refractivity contribution is 7.91. The number of carbonyl (C=O) groups excluding carboxylic acids is 1. The molecule has 0 aliphatic rings. The first-order chi connectivity index (χ1) is 12.3. The summed E-state index contributed by atoms with van der Waals surface area (Å²) in [7, 11) is -3.19. The molecule has 8 heteroatoms. The number of hydrogen-bond acceptors (Lipinski definition) is 4. The van der Waals surface area contributed by atoms with Crippen molar-refractivity contribution in [3.8, 4) is 0 Å². The molecule has 2 aromatic rings. The van der Waals surface area contributed by atoms with Gasteiger partial charge in [0, 0.05) is 24.9 Å². The van der Waals surface area contributed by atoms with E-state index in [2.05, 4.69) is 0 Å². The minimum absolute atomic E-state index is 0.0481. The zero-order valence-corrected chi connectivity index (χ0v) is 16.6. The van der Waals surface area contributed by atoms with Gasteiger partial charge in [-0.05, 0) is 32.9 Å². The van der Waals surface area contributed by atoms with Gasteiger partial charge < -0.3 is 4.90 Å². The molecule has 1 aromatic heterocycles. The first kappa shape index (κ1) is 20.2. The fourth-order valence-electron chi connectivity index (χ4n) is 3.27. The van der Waals surface area contributed by atoms with Gasteiger partial charge >= 0.3 is 5.69 Å². The van der Waals surface area contributed by atoms with Gasteiger partial charge in [0.05, 0.1) is 16.8 Å². The predicted octanol–water partition coefficient (Wildman–Crippen LogP) is 1.49. The second kappa shape index (κ2) is 8.07. The number of carbonyl (C=O) groups is 1. The number of para-hydroxylation sites is 2. The fraction of sp³-hybridized carbons (Fsp3) is 0.556. The molecule has 0 spiro atoms. The van der Waals surface area contributed by atoms with Gasteiger partial charge in [-0.25, -0.2) is 13.2 Å². The molecule has 1 amide bonds. The summed E-state index contributed by atoms with van der Waals surface area (Å²) in [6.07, 6.45) is 0. The average molecular weight is 381 g/mol. The standard InChI is InChI=1S/C18H27N3O4S/c1-5-19(14(4)13-26(24,25)7-3)17(22)12-21-16-11-9-8-10-15(16)20(6-2)18(21)23/h8-11,14H,5-7,12-13H2,1-4H3. The van der Waals surface area contributed by atoms with Crippen LogP contribution in [0.15, 0.2) is 29.1 Å². The number of aromatic nitrogens is 2. The number of hydrogen-bond donors (Lipinski definition) is 0. The number of sulfone groups is 1. The van der Waals surface area contributed by atoms with Gasteiger partial charge in [0.15, 0.2) is 9.84 Å². The number of imidazole rings is 1. The molecule has 0 saturated heterocycles. The van der Waals surface area contributed by atoms with Gasteiger partial charge in [-0.2, -0.15) is 0 Å². The highest BCUT2D eigenvalue weighted by Gasteiger charge is 2.24. The normalized spacial score (nSPS) is 13.1. The Balaban J connectivity index is 2.33. The Labute approximate surface area is 154 Å². The van der Waals surface area contributed by atoms with Crippen molar-refractivity contribution < 1.29 is 13.2 Å². The van der Waals surface area contributed by atoms with E-state index in [0.29, 0.717) is 18.6 Å². The van der Waals surface area contributed by atoms with Crippen molar-refractivity contribution in [1.82, 2.24) is 14.0 Å². The maximum atomic E-state index is 12.8. The molecule has 144 valence electrons. The predicted molar refractivity (Wildman–Crippen MR) is 103 cm³/mol. The zero-order valence-electron chi connectivity index (χ0n) is 15.8. The summed E-state index contributed by atoms with van der Waals surface area (Å²) in [5.41, 5.74) is 1.27. The second-order valence-corrected chi connectivity index (χ2v) is 8.73. The third-order valence-corrected chi connectivity index (χ3v) is 6.53. The Morgan fingerprint density at radius 1 is 1.12 bits per heavy atom. The molecule has 0 N–H and O–H groups in total. The number of rotatable bonds is 8. The van der Waals surface area contributed by atoms with Crippen LogP contribution in [0.1, 0.15) is 27.7 Å². The van der Waals surface area contributed by atoms with Crippen molar-refractivity contribution in [2.75, 3.05) is 18.1 Å². The van der Waals surface area contributed by atoms with Crippen molar-refractivity contribution >= 4 is 26.8 Å². The summed E-state index contributed by atoms with van der Waals surface area (Å²) in [5, 5.41) is 0. The van der Waals surface area contributed by atoms with Gasteiger partial charge in [0.1, 0.15) is 6.54 Å². The van der Waals surface area contributed by atoms with Crippen molar-refractivity contribution in [3.63, 3.8) is 0 Å². The topological polar surface area (TPSA) is 81.4 Å². The van der Waals surface area contributed by atoms with Crippen molar-refractivity contribution in [2.45, 2.75) is 46.8 Å². The number of nitrogens with zero attached hydrogens (tertiary/aromatic N) is 3. The lowest BCUT2D eigenvalue weighted by Crippen LogP contribution is -2.45. The van der Waals surface area contributed by atoms with E-state index in [0.717, 1.165) is 5.52 Å². The van der Waals surface area contributed by atoms with Crippen molar-refractivity contribution in [2.24, 2.45) is 0 Å². The fourth-order valence-corrected chi connectivity index (χ4v) is 4.42. The monoisotopic (exact) mass is 381 g/mol. The van der Waals surface area contributed by atoms with Crippen LogP contribution in [-0.4, -0.2) is 52.5 Å². The van der Waals surface area contributed by atoms with Crippen LogP contribution in [0.4, 0.5) is 0 Å². The van der Waals surface area contributed by atoms with Crippen LogP contribution in [0.25, 0.3) is 11.0 Å².